The standard InChI is InChI=1S/C28H23N3O2S/c1-20(22-12-14-24(15-13-22)33-19-21-7-6-16-30-18-21)31-28(32)25-9-3-5-11-27(25)34-26-10-4-2-8-23(26)17-29/h2-16,18,20H,19H2,1H3,(H,31,32)/t20-/m0/s1. The highest BCUT2D eigenvalue weighted by Gasteiger charge is 2.16. The highest BCUT2D eigenvalue weighted by Crippen LogP contribution is 2.33. The number of carbonyl (C=O) groups excluding carboxylic acids is 1. The number of ether oxygens (including phenoxy) is 1. The summed E-state index contributed by atoms with van der Waals surface area (Å²) in [6.45, 7) is 2.40. The number of nitrogens with zero attached hydrogens (tertiary/aromatic N) is 2. The molecule has 4 aromatic rings. The van der Waals surface area contributed by atoms with E-state index in [4.69, 9.17) is 4.74 Å². The molecular formula is C28H23N3O2S. The highest BCUT2D eigenvalue weighted by atomic mass is 32.2. The number of hydrogen-bond acceptors (Lipinski definition) is 5. The second kappa shape index (κ2) is 11.2. The Hall–Kier alpha value is -4.08. The predicted octanol–water partition coefficient (Wildman–Crippen LogP) is 6.17. The smallest absolute Gasteiger partial charge is 0.252 e. The molecule has 1 heterocycles. The summed E-state index contributed by atoms with van der Waals surface area (Å²) in [5.74, 6) is 0.589. The molecule has 0 unspecified atom stereocenters. The summed E-state index contributed by atoms with van der Waals surface area (Å²) in [5, 5.41) is 12.5. The third kappa shape index (κ3) is 5.83. The fourth-order valence-electron chi connectivity index (χ4n) is 3.37. The Morgan fingerprint density at radius 1 is 1.00 bits per heavy atom. The van der Waals surface area contributed by atoms with Gasteiger partial charge in [-0.25, -0.2) is 0 Å². The van der Waals surface area contributed by atoms with Gasteiger partial charge < -0.3 is 10.1 Å². The van der Waals surface area contributed by atoms with E-state index in [2.05, 4.69) is 16.4 Å². The van der Waals surface area contributed by atoms with Gasteiger partial charge in [0, 0.05) is 27.7 Å². The van der Waals surface area contributed by atoms with Gasteiger partial charge in [-0.15, -0.1) is 0 Å². The number of nitriles is 1. The van der Waals surface area contributed by atoms with Crippen LogP contribution in [0.4, 0.5) is 0 Å². The summed E-state index contributed by atoms with van der Waals surface area (Å²) in [4.78, 5) is 18.8. The Morgan fingerprint density at radius 2 is 1.74 bits per heavy atom. The number of pyridine rings is 1. The summed E-state index contributed by atoms with van der Waals surface area (Å²) >= 11 is 1.42. The van der Waals surface area contributed by atoms with E-state index >= 15 is 0 Å². The first-order valence-corrected chi connectivity index (χ1v) is 11.6. The van der Waals surface area contributed by atoms with Gasteiger partial charge in [-0.05, 0) is 55.0 Å². The molecule has 6 heteroatoms. The van der Waals surface area contributed by atoms with E-state index in [-0.39, 0.29) is 11.9 Å². The Balaban J connectivity index is 1.41. The van der Waals surface area contributed by atoms with Crippen molar-refractivity contribution in [3.8, 4) is 11.8 Å². The minimum atomic E-state index is -0.190. The number of nitrogens with one attached hydrogen (secondary N) is 1. The number of aromatic nitrogens is 1. The van der Waals surface area contributed by atoms with Crippen LogP contribution in [0.3, 0.4) is 0 Å². The zero-order valence-electron chi connectivity index (χ0n) is 18.6. The summed E-state index contributed by atoms with van der Waals surface area (Å²) in [6, 6.07) is 28.4. The van der Waals surface area contributed by atoms with E-state index in [1.807, 2.05) is 79.7 Å². The molecule has 4 rings (SSSR count). The van der Waals surface area contributed by atoms with E-state index in [0.29, 0.717) is 17.7 Å². The first kappa shape index (κ1) is 23.1. The maximum absolute atomic E-state index is 13.1. The molecule has 1 amide bonds. The maximum Gasteiger partial charge on any atom is 0.252 e. The van der Waals surface area contributed by atoms with Crippen LogP contribution < -0.4 is 10.1 Å². The van der Waals surface area contributed by atoms with Crippen molar-refractivity contribution < 1.29 is 9.53 Å². The van der Waals surface area contributed by atoms with Crippen molar-refractivity contribution in [2.75, 3.05) is 0 Å². The van der Waals surface area contributed by atoms with Gasteiger partial charge >= 0.3 is 0 Å². The lowest BCUT2D eigenvalue weighted by Gasteiger charge is -2.17. The zero-order valence-corrected chi connectivity index (χ0v) is 19.5. The largest absolute Gasteiger partial charge is 0.489 e. The van der Waals surface area contributed by atoms with E-state index < -0.39 is 0 Å². The van der Waals surface area contributed by atoms with Crippen LogP contribution in [0.15, 0.2) is 107 Å². The summed E-state index contributed by atoms with van der Waals surface area (Å²) < 4.78 is 5.82. The Labute approximate surface area is 203 Å². The number of rotatable bonds is 8. The summed E-state index contributed by atoms with van der Waals surface area (Å²) in [7, 11) is 0. The van der Waals surface area contributed by atoms with Crippen molar-refractivity contribution in [3.05, 3.63) is 120 Å². The molecule has 1 atom stereocenters. The number of amides is 1. The number of benzene rings is 3. The first-order chi connectivity index (χ1) is 16.6. The lowest BCUT2D eigenvalue weighted by molar-refractivity contribution is 0.0937. The van der Waals surface area contributed by atoms with Gasteiger partial charge in [0.2, 0.25) is 0 Å². The van der Waals surface area contributed by atoms with Crippen LogP contribution in [0, 0.1) is 11.3 Å². The SMILES string of the molecule is C[C@H](NC(=O)c1ccccc1Sc1ccccc1C#N)c1ccc(OCc2cccnc2)cc1. The van der Waals surface area contributed by atoms with Crippen molar-refractivity contribution >= 4 is 17.7 Å². The van der Waals surface area contributed by atoms with E-state index in [9.17, 15) is 10.1 Å². The van der Waals surface area contributed by atoms with Crippen LogP contribution in [-0.4, -0.2) is 10.9 Å². The highest BCUT2D eigenvalue weighted by molar-refractivity contribution is 7.99. The molecule has 0 saturated carbocycles. The lowest BCUT2D eigenvalue weighted by atomic mass is 10.1. The molecule has 0 saturated heterocycles. The summed E-state index contributed by atoms with van der Waals surface area (Å²) in [5.41, 5.74) is 3.13. The molecule has 0 spiro atoms. The van der Waals surface area contributed by atoms with Gasteiger partial charge in [0.25, 0.3) is 5.91 Å². The average Bonchev–Trinajstić information content (AvgIpc) is 2.89. The fraction of sp³-hybridized carbons (Fsp3) is 0.107. The molecular weight excluding hydrogens is 442 g/mol. The van der Waals surface area contributed by atoms with Crippen LogP contribution in [0.2, 0.25) is 0 Å². The van der Waals surface area contributed by atoms with E-state index in [1.54, 1.807) is 24.5 Å². The minimum Gasteiger partial charge on any atom is -0.489 e. The van der Waals surface area contributed by atoms with Gasteiger partial charge in [0.15, 0.2) is 0 Å². The summed E-state index contributed by atoms with van der Waals surface area (Å²) in [6.07, 6.45) is 3.51. The van der Waals surface area contributed by atoms with Crippen molar-refractivity contribution in [3.63, 3.8) is 0 Å². The Kier molecular flexibility index (Phi) is 7.59. The second-order valence-electron chi connectivity index (χ2n) is 7.62. The molecule has 0 fully saturated rings. The molecule has 5 nitrogen and oxygen atoms in total. The first-order valence-electron chi connectivity index (χ1n) is 10.8. The van der Waals surface area contributed by atoms with Crippen LogP contribution in [0.1, 0.15) is 40.0 Å². The van der Waals surface area contributed by atoms with Gasteiger partial charge in [-0.1, -0.05) is 54.2 Å². The molecule has 0 aliphatic carbocycles. The molecule has 168 valence electrons. The number of hydrogen-bond donors (Lipinski definition) is 1. The molecule has 0 radical (unpaired) electrons. The molecule has 0 bridgehead atoms. The minimum absolute atomic E-state index is 0.165. The average molecular weight is 466 g/mol. The third-order valence-electron chi connectivity index (χ3n) is 5.22. The van der Waals surface area contributed by atoms with Crippen molar-refractivity contribution in [2.24, 2.45) is 0 Å². The van der Waals surface area contributed by atoms with Crippen molar-refractivity contribution in [2.45, 2.75) is 29.4 Å². The molecule has 1 N–H and O–H groups in total. The van der Waals surface area contributed by atoms with Crippen LogP contribution in [0.5, 0.6) is 5.75 Å². The molecule has 0 aliphatic rings. The molecule has 3 aromatic carbocycles. The second-order valence-corrected chi connectivity index (χ2v) is 8.70. The fourth-order valence-corrected chi connectivity index (χ4v) is 4.39. The zero-order chi connectivity index (χ0) is 23.8. The molecule has 34 heavy (non-hydrogen) atoms. The van der Waals surface area contributed by atoms with E-state index in [1.165, 1.54) is 11.8 Å². The monoisotopic (exact) mass is 465 g/mol. The van der Waals surface area contributed by atoms with Gasteiger partial charge in [-0.2, -0.15) is 5.26 Å². The Bertz CT molecular complexity index is 1300. The van der Waals surface area contributed by atoms with Gasteiger partial charge in [0.05, 0.1) is 17.2 Å². The van der Waals surface area contributed by atoms with Crippen molar-refractivity contribution in [1.82, 2.24) is 10.3 Å². The normalized spacial score (nSPS) is 11.3. The third-order valence-corrected chi connectivity index (χ3v) is 6.37. The topological polar surface area (TPSA) is 75.0 Å². The molecule has 0 aliphatic heterocycles. The van der Waals surface area contributed by atoms with Crippen molar-refractivity contribution in [1.29, 1.82) is 5.26 Å². The predicted molar refractivity (Wildman–Crippen MR) is 133 cm³/mol. The van der Waals surface area contributed by atoms with Crippen LogP contribution in [-0.2, 0) is 6.61 Å². The number of carbonyl (C=O) groups is 1. The Morgan fingerprint density at radius 3 is 2.47 bits per heavy atom. The quantitative estimate of drug-likeness (QED) is 0.337. The van der Waals surface area contributed by atoms with Gasteiger partial charge in [-0.3, -0.25) is 9.78 Å². The van der Waals surface area contributed by atoms with Crippen LogP contribution >= 0.6 is 11.8 Å². The molecule has 1 aromatic heterocycles. The van der Waals surface area contributed by atoms with Gasteiger partial charge in [0.1, 0.15) is 18.4 Å². The maximum atomic E-state index is 13.1. The van der Waals surface area contributed by atoms with E-state index in [0.717, 1.165) is 26.7 Å². The van der Waals surface area contributed by atoms with Crippen LogP contribution in [0.25, 0.3) is 0 Å². The lowest BCUT2D eigenvalue weighted by Crippen LogP contribution is -2.27.